The Morgan fingerprint density at radius 1 is 1.00 bits per heavy atom. The molecule has 0 aliphatic carbocycles. The summed E-state index contributed by atoms with van der Waals surface area (Å²) in [6.45, 7) is 11.6. The van der Waals surface area contributed by atoms with E-state index in [1.807, 2.05) is 38.1 Å². The van der Waals surface area contributed by atoms with E-state index in [9.17, 15) is 14.4 Å². The van der Waals surface area contributed by atoms with Gasteiger partial charge in [-0.15, -0.1) is 11.3 Å². The quantitative estimate of drug-likeness (QED) is 0.193. The Morgan fingerprint density at radius 3 is 2.26 bits per heavy atom. The summed E-state index contributed by atoms with van der Waals surface area (Å²) in [4.78, 5) is 38.5. The van der Waals surface area contributed by atoms with Gasteiger partial charge >= 0.3 is 5.97 Å². The van der Waals surface area contributed by atoms with Crippen molar-refractivity contribution in [2.75, 3.05) is 11.9 Å². The average molecular weight is 536 g/mol. The number of rotatable bonds is 10. The van der Waals surface area contributed by atoms with Gasteiger partial charge in [-0.1, -0.05) is 38.1 Å². The number of carbonyl (C=O) groups excluding carboxylic acids is 3. The van der Waals surface area contributed by atoms with E-state index in [0.717, 1.165) is 16.0 Å². The second-order valence-electron chi connectivity index (χ2n) is 9.00. The maximum absolute atomic E-state index is 12.8. The minimum absolute atomic E-state index is 0.247. The Balaban J connectivity index is 1.56. The molecule has 2 N–H and O–H groups in total. The molecule has 0 bridgehead atoms. The molecule has 200 valence electrons. The van der Waals surface area contributed by atoms with E-state index in [1.165, 1.54) is 16.9 Å². The summed E-state index contributed by atoms with van der Waals surface area (Å²) in [5.41, 5.74) is 6.12. The Kier molecular flexibility index (Phi) is 9.78. The van der Waals surface area contributed by atoms with Crippen molar-refractivity contribution in [3.8, 4) is 5.75 Å². The first kappa shape index (κ1) is 28.6. The molecule has 0 saturated heterocycles. The number of esters is 1. The highest BCUT2D eigenvalue weighted by atomic mass is 32.1. The second-order valence-corrected chi connectivity index (χ2v) is 10.2. The first-order valence-corrected chi connectivity index (χ1v) is 13.2. The van der Waals surface area contributed by atoms with Crippen LogP contribution in [0.15, 0.2) is 53.6 Å². The van der Waals surface area contributed by atoms with Crippen molar-refractivity contribution in [2.24, 2.45) is 5.10 Å². The van der Waals surface area contributed by atoms with Crippen LogP contribution in [-0.2, 0) is 9.53 Å². The van der Waals surface area contributed by atoms with Crippen molar-refractivity contribution in [1.82, 2.24) is 5.43 Å². The van der Waals surface area contributed by atoms with Gasteiger partial charge in [-0.05, 0) is 74.6 Å². The van der Waals surface area contributed by atoms with Crippen LogP contribution in [0.3, 0.4) is 0 Å². The first-order chi connectivity index (χ1) is 18.1. The standard InChI is InChI=1S/C29H33N3O5S/c1-7-36-29(35)25-18(4)20(6)38-28(25)31-27(34)23-12-14-24(15-13-23)37-19(5)26(33)32-30-16-21-8-10-22(11-9-21)17(2)3/h8-17,19H,7H2,1-6H3,(H,31,34)(H,32,33)/b30-16-/t19-/m1/s1. The first-order valence-electron chi connectivity index (χ1n) is 12.4. The highest BCUT2D eigenvalue weighted by Gasteiger charge is 2.22. The summed E-state index contributed by atoms with van der Waals surface area (Å²) >= 11 is 1.33. The molecule has 1 atom stereocenters. The number of hydrogen-bond acceptors (Lipinski definition) is 7. The molecule has 2 aromatic carbocycles. The Hall–Kier alpha value is -3.98. The van der Waals surface area contributed by atoms with Crippen molar-refractivity contribution in [2.45, 2.75) is 53.6 Å². The molecule has 1 heterocycles. The average Bonchev–Trinajstić information content (AvgIpc) is 3.17. The van der Waals surface area contributed by atoms with Gasteiger partial charge in [0.15, 0.2) is 6.10 Å². The van der Waals surface area contributed by atoms with Gasteiger partial charge in [0.1, 0.15) is 10.8 Å². The van der Waals surface area contributed by atoms with Crippen LogP contribution in [0, 0.1) is 13.8 Å². The van der Waals surface area contributed by atoms with Gasteiger partial charge < -0.3 is 14.8 Å². The van der Waals surface area contributed by atoms with Crippen molar-refractivity contribution >= 4 is 40.3 Å². The van der Waals surface area contributed by atoms with E-state index in [2.05, 4.69) is 29.7 Å². The second kappa shape index (κ2) is 13.0. The number of nitrogens with one attached hydrogen (secondary N) is 2. The predicted octanol–water partition coefficient (Wildman–Crippen LogP) is 5.83. The molecule has 0 fully saturated rings. The minimum atomic E-state index is -0.806. The zero-order valence-corrected chi connectivity index (χ0v) is 23.3. The topological polar surface area (TPSA) is 106 Å². The number of thiophene rings is 1. The number of aryl methyl sites for hydroxylation is 1. The lowest BCUT2D eigenvalue weighted by Gasteiger charge is -2.13. The summed E-state index contributed by atoms with van der Waals surface area (Å²) in [5.74, 6) is -0.371. The van der Waals surface area contributed by atoms with E-state index in [0.29, 0.717) is 27.8 Å². The van der Waals surface area contributed by atoms with Crippen LogP contribution < -0.4 is 15.5 Å². The Labute approximate surface area is 227 Å². The number of benzene rings is 2. The molecule has 0 spiro atoms. The molecule has 0 radical (unpaired) electrons. The number of amides is 2. The summed E-state index contributed by atoms with van der Waals surface area (Å²) < 4.78 is 10.8. The molecule has 9 heteroatoms. The van der Waals surface area contributed by atoms with Gasteiger partial charge in [0.2, 0.25) is 0 Å². The van der Waals surface area contributed by atoms with Gasteiger partial charge in [-0.2, -0.15) is 5.10 Å². The fourth-order valence-corrected chi connectivity index (χ4v) is 4.55. The molecule has 3 rings (SSSR count). The number of carbonyl (C=O) groups is 3. The Bertz CT molecular complexity index is 1310. The van der Waals surface area contributed by atoms with Crippen LogP contribution in [-0.4, -0.2) is 36.7 Å². The number of hydrogen-bond donors (Lipinski definition) is 2. The van der Waals surface area contributed by atoms with Crippen molar-refractivity contribution in [3.05, 3.63) is 81.2 Å². The predicted molar refractivity (Wildman–Crippen MR) is 151 cm³/mol. The third kappa shape index (κ3) is 7.29. The maximum atomic E-state index is 12.8. The molecule has 8 nitrogen and oxygen atoms in total. The van der Waals surface area contributed by atoms with Gasteiger partial charge in [0.05, 0.1) is 18.4 Å². The van der Waals surface area contributed by atoms with E-state index in [1.54, 1.807) is 44.3 Å². The smallest absolute Gasteiger partial charge is 0.341 e. The third-order valence-corrected chi connectivity index (χ3v) is 7.00. The van der Waals surface area contributed by atoms with Crippen LogP contribution in [0.4, 0.5) is 5.00 Å². The maximum Gasteiger partial charge on any atom is 0.341 e. The molecule has 3 aromatic rings. The molecular formula is C29H33N3O5S. The fourth-order valence-electron chi connectivity index (χ4n) is 3.51. The van der Waals surface area contributed by atoms with E-state index in [4.69, 9.17) is 9.47 Å². The SMILES string of the molecule is CCOC(=O)c1c(NC(=O)c2ccc(O[C@H](C)C(=O)N/N=C\c3ccc(C(C)C)cc3)cc2)sc(C)c1C. The molecule has 1 aromatic heterocycles. The van der Waals surface area contributed by atoms with Gasteiger partial charge in [-0.25, -0.2) is 10.2 Å². The largest absolute Gasteiger partial charge is 0.481 e. The Morgan fingerprint density at radius 2 is 1.66 bits per heavy atom. The van der Waals surface area contributed by atoms with Crippen LogP contribution in [0.2, 0.25) is 0 Å². The van der Waals surface area contributed by atoms with Crippen molar-refractivity contribution in [3.63, 3.8) is 0 Å². The highest BCUT2D eigenvalue weighted by molar-refractivity contribution is 7.16. The van der Waals surface area contributed by atoms with Crippen LogP contribution >= 0.6 is 11.3 Å². The van der Waals surface area contributed by atoms with Gasteiger partial charge in [0.25, 0.3) is 11.8 Å². The molecule has 0 saturated carbocycles. The molecule has 0 aliphatic rings. The third-order valence-electron chi connectivity index (χ3n) is 5.88. The molecule has 2 amide bonds. The molecule has 0 aliphatic heterocycles. The van der Waals surface area contributed by atoms with E-state index in [-0.39, 0.29) is 12.5 Å². The number of anilines is 1. The number of ether oxygens (including phenoxy) is 2. The number of nitrogens with zero attached hydrogens (tertiary/aromatic N) is 1. The van der Waals surface area contributed by atoms with Gasteiger partial charge in [-0.3, -0.25) is 9.59 Å². The summed E-state index contributed by atoms with van der Waals surface area (Å²) in [6, 6.07) is 14.3. The van der Waals surface area contributed by atoms with Gasteiger partial charge in [0, 0.05) is 10.4 Å². The molecular weight excluding hydrogens is 502 g/mol. The van der Waals surface area contributed by atoms with Crippen LogP contribution in [0.1, 0.15) is 75.9 Å². The van der Waals surface area contributed by atoms with E-state index < -0.39 is 18.0 Å². The zero-order valence-electron chi connectivity index (χ0n) is 22.5. The van der Waals surface area contributed by atoms with Crippen molar-refractivity contribution in [1.29, 1.82) is 0 Å². The van der Waals surface area contributed by atoms with Crippen molar-refractivity contribution < 1.29 is 23.9 Å². The van der Waals surface area contributed by atoms with E-state index >= 15 is 0 Å². The zero-order chi connectivity index (χ0) is 27.8. The minimum Gasteiger partial charge on any atom is -0.481 e. The normalized spacial score (nSPS) is 11.9. The van der Waals surface area contributed by atoms with Crippen LogP contribution in [0.25, 0.3) is 0 Å². The molecule has 0 unspecified atom stereocenters. The monoisotopic (exact) mass is 535 g/mol. The summed E-state index contributed by atoms with van der Waals surface area (Å²) in [6.07, 6.45) is 0.769. The summed E-state index contributed by atoms with van der Waals surface area (Å²) in [5, 5.41) is 7.26. The molecule has 38 heavy (non-hydrogen) atoms. The number of hydrazone groups is 1. The van der Waals surface area contributed by atoms with Crippen LogP contribution in [0.5, 0.6) is 5.75 Å². The lowest BCUT2D eigenvalue weighted by molar-refractivity contribution is -0.127. The fraction of sp³-hybridized carbons (Fsp3) is 0.310. The summed E-state index contributed by atoms with van der Waals surface area (Å²) in [7, 11) is 0. The highest BCUT2D eigenvalue weighted by Crippen LogP contribution is 2.33. The lowest BCUT2D eigenvalue weighted by Crippen LogP contribution is -2.33. The lowest BCUT2D eigenvalue weighted by atomic mass is 10.0.